The van der Waals surface area contributed by atoms with Crippen molar-refractivity contribution in [1.29, 1.82) is 0 Å². The lowest BCUT2D eigenvalue weighted by Gasteiger charge is -2.17. The Morgan fingerprint density at radius 2 is 1.59 bits per heavy atom. The van der Waals surface area contributed by atoms with Crippen LogP contribution in [0.25, 0.3) is 0 Å². The molecule has 0 aromatic heterocycles. The maximum atomic E-state index is 13.1. The Morgan fingerprint density at radius 1 is 1.00 bits per heavy atom. The third-order valence-electron chi connectivity index (χ3n) is 3.63. The van der Waals surface area contributed by atoms with Gasteiger partial charge in [-0.25, -0.2) is 4.39 Å². The van der Waals surface area contributed by atoms with Crippen LogP contribution in [0, 0.1) is 5.82 Å². The first-order valence-electron chi connectivity index (χ1n) is 8.78. The lowest BCUT2D eigenvalue weighted by molar-refractivity contribution is 0.0949. The highest BCUT2D eigenvalue weighted by molar-refractivity contribution is 6.31. The molecule has 0 saturated heterocycles. The molecule has 0 fully saturated rings. The summed E-state index contributed by atoms with van der Waals surface area (Å²) in [4.78, 5) is 12.6. The molecule has 27 heavy (non-hydrogen) atoms. The van der Waals surface area contributed by atoms with Gasteiger partial charge >= 0.3 is 0 Å². The van der Waals surface area contributed by atoms with E-state index in [0.717, 1.165) is 0 Å². The van der Waals surface area contributed by atoms with Gasteiger partial charge in [-0.05, 0) is 50.6 Å². The molecule has 0 radical (unpaired) electrons. The SMILES string of the molecule is CCOc1cc(C(=O)NCc2ccc(F)cc2Cl)cc(OCC)c1OCC. The molecule has 1 N–H and O–H groups in total. The van der Waals surface area contributed by atoms with Crippen LogP contribution in [0.3, 0.4) is 0 Å². The van der Waals surface area contributed by atoms with Crippen molar-refractivity contribution in [2.75, 3.05) is 19.8 Å². The Bertz CT molecular complexity index is 771. The highest BCUT2D eigenvalue weighted by atomic mass is 35.5. The van der Waals surface area contributed by atoms with Gasteiger partial charge in [0.1, 0.15) is 5.82 Å². The van der Waals surface area contributed by atoms with Crippen LogP contribution in [-0.4, -0.2) is 25.7 Å². The van der Waals surface area contributed by atoms with Gasteiger partial charge in [0.2, 0.25) is 5.75 Å². The summed E-state index contributed by atoms with van der Waals surface area (Å²) in [5.74, 6) is 0.592. The zero-order chi connectivity index (χ0) is 19.8. The quantitative estimate of drug-likeness (QED) is 0.673. The molecule has 7 heteroatoms. The first kappa shape index (κ1) is 20.8. The van der Waals surface area contributed by atoms with E-state index < -0.39 is 5.82 Å². The number of amides is 1. The van der Waals surface area contributed by atoms with Gasteiger partial charge in [0.25, 0.3) is 5.91 Å². The van der Waals surface area contributed by atoms with Gasteiger partial charge in [-0.3, -0.25) is 4.79 Å². The van der Waals surface area contributed by atoms with Gasteiger partial charge in [-0.2, -0.15) is 0 Å². The Morgan fingerprint density at radius 3 is 2.11 bits per heavy atom. The van der Waals surface area contributed by atoms with Crippen LogP contribution in [0.5, 0.6) is 17.2 Å². The lowest BCUT2D eigenvalue weighted by Crippen LogP contribution is -2.23. The standard InChI is InChI=1S/C20H23ClFNO4/c1-4-25-17-9-14(10-18(26-5-2)19(17)27-6-3)20(24)23-12-13-7-8-15(22)11-16(13)21/h7-11H,4-6,12H2,1-3H3,(H,23,24). The number of hydrogen-bond acceptors (Lipinski definition) is 4. The smallest absolute Gasteiger partial charge is 0.251 e. The van der Waals surface area contributed by atoms with E-state index >= 15 is 0 Å². The van der Waals surface area contributed by atoms with Gasteiger partial charge in [0, 0.05) is 17.1 Å². The van der Waals surface area contributed by atoms with Crippen molar-refractivity contribution < 1.29 is 23.4 Å². The van der Waals surface area contributed by atoms with Crippen molar-refractivity contribution in [2.45, 2.75) is 27.3 Å². The van der Waals surface area contributed by atoms with Crippen molar-refractivity contribution in [3.63, 3.8) is 0 Å². The zero-order valence-electron chi connectivity index (χ0n) is 15.6. The van der Waals surface area contributed by atoms with E-state index in [1.54, 1.807) is 12.1 Å². The molecular weight excluding hydrogens is 373 g/mol. The lowest BCUT2D eigenvalue weighted by atomic mass is 10.1. The maximum Gasteiger partial charge on any atom is 0.251 e. The van der Waals surface area contributed by atoms with Crippen molar-refractivity contribution >= 4 is 17.5 Å². The van der Waals surface area contributed by atoms with E-state index in [-0.39, 0.29) is 17.5 Å². The average molecular weight is 396 g/mol. The molecule has 2 aromatic rings. The van der Waals surface area contributed by atoms with E-state index in [1.807, 2.05) is 20.8 Å². The molecule has 0 heterocycles. The normalized spacial score (nSPS) is 10.4. The molecule has 0 aliphatic rings. The number of carbonyl (C=O) groups is 1. The fraction of sp³-hybridized carbons (Fsp3) is 0.350. The van der Waals surface area contributed by atoms with Crippen LogP contribution in [-0.2, 0) is 6.54 Å². The number of carbonyl (C=O) groups excluding carboxylic acids is 1. The fourth-order valence-corrected chi connectivity index (χ4v) is 2.70. The number of ether oxygens (including phenoxy) is 3. The summed E-state index contributed by atoms with van der Waals surface area (Å²) in [7, 11) is 0. The van der Waals surface area contributed by atoms with E-state index in [1.165, 1.54) is 18.2 Å². The third kappa shape index (κ3) is 5.50. The Balaban J connectivity index is 2.25. The second-order valence-electron chi connectivity index (χ2n) is 5.52. The molecule has 0 spiro atoms. The van der Waals surface area contributed by atoms with E-state index in [4.69, 9.17) is 25.8 Å². The Labute approximate surface area is 163 Å². The monoisotopic (exact) mass is 395 g/mol. The summed E-state index contributed by atoms with van der Waals surface area (Å²) in [6.07, 6.45) is 0. The molecule has 1 amide bonds. The van der Waals surface area contributed by atoms with Gasteiger partial charge in [-0.15, -0.1) is 0 Å². The molecular formula is C20H23ClFNO4. The number of nitrogens with one attached hydrogen (secondary N) is 1. The molecule has 0 unspecified atom stereocenters. The second kappa shape index (κ2) is 10.0. The van der Waals surface area contributed by atoms with E-state index in [0.29, 0.717) is 48.2 Å². The summed E-state index contributed by atoms with van der Waals surface area (Å²) in [5, 5.41) is 3.02. The third-order valence-corrected chi connectivity index (χ3v) is 3.98. The largest absolute Gasteiger partial charge is 0.490 e. The molecule has 0 bridgehead atoms. The summed E-state index contributed by atoms with van der Waals surface area (Å²) in [6, 6.07) is 7.26. The summed E-state index contributed by atoms with van der Waals surface area (Å²) in [6.45, 7) is 6.99. The molecule has 5 nitrogen and oxygen atoms in total. The topological polar surface area (TPSA) is 56.8 Å². The van der Waals surface area contributed by atoms with Gasteiger partial charge in [-0.1, -0.05) is 17.7 Å². The minimum atomic E-state index is -0.427. The maximum absolute atomic E-state index is 13.1. The van der Waals surface area contributed by atoms with Crippen LogP contribution in [0.4, 0.5) is 4.39 Å². The van der Waals surface area contributed by atoms with Gasteiger partial charge in [0.05, 0.1) is 19.8 Å². The highest BCUT2D eigenvalue weighted by Gasteiger charge is 2.18. The minimum Gasteiger partial charge on any atom is -0.490 e. The summed E-state index contributed by atoms with van der Waals surface area (Å²) in [5.41, 5.74) is 0.982. The zero-order valence-corrected chi connectivity index (χ0v) is 16.4. The van der Waals surface area contributed by atoms with Crippen molar-refractivity contribution in [1.82, 2.24) is 5.32 Å². The summed E-state index contributed by atoms with van der Waals surface area (Å²) < 4.78 is 30.0. The molecule has 2 rings (SSSR count). The van der Waals surface area contributed by atoms with Crippen LogP contribution in [0.1, 0.15) is 36.7 Å². The Kier molecular flexibility index (Phi) is 7.73. The molecule has 0 saturated carbocycles. The first-order valence-corrected chi connectivity index (χ1v) is 9.16. The van der Waals surface area contributed by atoms with E-state index in [9.17, 15) is 9.18 Å². The minimum absolute atomic E-state index is 0.166. The van der Waals surface area contributed by atoms with Crippen LogP contribution in [0.2, 0.25) is 5.02 Å². The molecule has 146 valence electrons. The first-order chi connectivity index (χ1) is 13.0. The van der Waals surface area contributed by atoms with Crippen LogP contribution < -0.4 is 19.5 Å². The van der Waals surface area contributed by atoms with Crippen LogP contribution >= 0.6 is 11.6 Å². The van der Waals surface area contributed by atoms with Crippen molar-refractivity contribution in [3.05, 3.63) is 52.3 Å². The van der Waals surface area contributed by atoms with Crippen LogP contribution in [0.15, 0.2) is 30.3 Å². The second-order valence-corrected chi connectivity index (χ2v) is 5.93. The van der Waals surface area contributed by atoms with Crippen molar-refractivity contribution in [2.24, 2.45) is 0 Å². The predicted molar refractivity (Wildman–Crippen MR) is 103 cm³/mol. The fourth-order valence-electron chi connectivity index (χ4n) is 2.46. The number of rotatable bonds is 9. The molecule has 0 atom stereocenters. The predicted octanol–water partition coefficient (Wildman–Crippen LogP) is 4.61. The number of halogens is 2. The molecule has 0 aliphatic heterocycles. The van der Waals surface area contributed by atoms with Crippen molar-refractivity contribution in [3.8, 4) is 17.2 Å². The van der Waals surface area contributed by atoms with Gasteiger partial charge < -0.3 is 19.5 Å². The summed E-state index contributed by atoms with van der Waals surface area (Å²) >= 11 is 6.00. The number of benzene rings is 2. The Hall–Kier alpha value is -2.47. The highest BCUT2D eigenvalue weighted by Crippen LogP contribution is 2.39. The van der Waals surface area contributed by atoms with Gasteiger partial charge in [0.15, 0.2) is 11.5 Å². The number of hydrogen-bond donors (Lipinski definition) is 1. The molecule has 2 aromatic carbocycles. The average Bonchev–Trinajstić information content (AvgIpc) is 2.63. The van der Waals surface area contributed by atoms with E-state index in [2.05, 4.69) is 5.32 Å². The molecule has 0 aliphatic carbocycles.